The second-order valence-corrected chi connectivity index (χ2v) is 7.30. The molecule has 0 aromatic heterocycles. The Bertz CT molecular complexity index is 925. The highest BCUT2D eigenvalue weighted by Gasteiger charge is 2.21. The zero-order valence-corrected chi connectivity index (χ0v) is 18.9. The van der Waals surface area contributed by atoms with Gasteiger partial charge in [-0.05, 0) is 36.8 Å². The predicted molar refractivity (Wildman–Crippen MR) is 115 cm³/mol. The molecule has 0 fully saturated rings. The highest BCUT2D eigenvalue weighted by molar-refractivity contribution is 6.44. The van der Waals surface area contributed by atoms with Gasteiger partial charge in [0.15, 0.2) is 17.6 Å². The van der Waals surface area contributed by atoms with Gasteiger partial charge in [0, 0.05) is 0 Å². The van der Waals surface area contributed by atoms with Crippen LogP contribution in [0.15, 0.2) is 24.3 Å². The van der Waals surface area contributed by atoms with Crippen molar-refractivity contribution in [3.8, 4) is 17.2 Å². The maximum Gasteiger partial charge on any atom is 0.311 e. The van der Waals surface area contributed by atoms with E-state index in [2.05, 4.69) is 5.32 Å². The third kappa shape index (κ3) is 5.84. The third-order valence-corrected chi connectivity index (χ3v) is 5.05. The molecule has 0 unspecified atom stereocenters. The van der Waals surface area contributed by atoms with Crippen molar-refractivity contribution in [2.24, 2.45) is 0 Å². The summed E-state index contributed by atoms with van der Waals surface area (Å²) >= 11 is 17.9. The Morgan fingerprint density at radius 2 is 1.47 bits per heavy atom. The lowest BCUT2D eigenvalue weighted by Gasteiger charge is -2.16. The number of rotatable bonds is 8. The zero-order chi connectivity index (χ0) is 22.4. The lowest BCUT2D eigenvalue weighted by Crippen LogP contribution is -2.30. The molecule has 0 aliphatic heterocycles. The van der Waals surface area contributed by atoms with Gasteiger partial charge >= 0.3 is 5.97 Å². The summed E-state index contributed by atoms with van der Waals surface area (Å²) in [6.07, 6.45) is -1.19. The molecular weight excluding hydrogens is 457 g/mol. The van der Waals surface area contributed by atoms with Gasteiger partial charge in [-0.15, -0.1) is 0 Å². The Balaban J connectivity index is 2.05. The molecule has 0 saturated carbocycles. The monoisotopic (exact) mass is 475 g/mol. The average molecular weight is 477 g/mol. The fourth-order valence-electron chi connectivity index (χ4n) is 2.55. The molecular formula is C20H20Cl3NO6. The number of esters is 1. The van der Waals surface area contributed by atoms with Crippen molar-refractivity contribution in [2.45, 2.75) is 19.4 Å². The van der Waals surface area contributed by atoms with E-state index in [9.17, 15) is 9.59 Å². The molecule has 0 radical (unpaired) electrons. The maximum atomic E-state index is 12.4. The molecule has 2 aromatic carbocycles. The molecule has 0 aliphatic rings. The zero-order valence-electron chi connectivity index (χ0n) is 16.7. The van der Waals surface area contributed by atoms with Gasteiger partial charge in [0.1, 0.15) is 0 Å². The summed E-state index contributed by atoms with van der Waals surface area (Å²) in [5.41, 5.74) is 0.818. The topological polar surface area (TPSA) is 83.1 Å². The molecule has 162 valence electrons. The van der Waals surface area contributed by atoms with E-state index < -0.39 is 18.0 Å². The molecule has 1 N–H and O–H groups in total. The first-order valence-corrected chi connectivity index (χ1v) is 9.77. The number of nitrogens with one attached hydrogen (secondary N) is 1. The van der Waals surface area contributed by atoms with Crippen molar-refractivity contribution in [1.29, 1.82) is 0 Å². The lowest BCUT2D eigenvalue weighted by atomic mass is 10.1. The van der Waals surface area contributed by atoms with Crippen LogP contribution in [0.4, 0.5) is 5.69 Å². The largest absolute Gasteiger partial charge is 0.493 e. The molecule has 7 nitrogen and oxygen atoms in total. The first-order chi connectivity index (χ1) is 14.2. The molecule has 1 amide bonds. The van der Waals surface area contributed by atoms with E-state index >= 15 is 0 Å². The van der Waals surface area contributed by atoms with Crippen molar-refractivity contribution < 1.29 is 28.5 Å². The summed E-state index contributed by atoms with van der Waals surface area (Å²) in [4.78, 5) is 24.7. The molecule has 10 heteroatoms. The summed E-state index contributed by atoms with van der Waals surface area (Å²) in [5.74, 6) is 0.0171. The van der Waals surface area contributed by atoms with E-state index in [4.69, 9.17) is 53.8 Å². The van der Waals surface area contributed by atoms with Gasteiger partial charge in [-0.25, -0.2) is 0 Å². The summed E-state index contributed by atoms with van der Waals surface area (Å²) in [6, 6.07) is 6.07. The summed E-state index contributed by atoms with van der Waals surface area (Å²) in [7, 11) is 4.43. The van der Waals surface area contributed by atoms with E-state index in [0.717, 1.165) is 0 Å². The maximum absolute atomic E-state index is 12.4. The summed E-state index contributed by atoms with van der Waals surface area (Å²) in [6.45, 7) is 1.44. The van der Waals surface area contributed by atoms with Gasteiger partial charge in [0.25, 0.3) is 5.91 Å². The number of halogens is 3. The number of ether oxygens (including phenoxy) is 4. The van der Waals surface area contributed by atoms with Gasteiger partial charge in [0.2, 0.25) is 5.75 Å². The fraction of sp³-hybridized carbons (Fsp3) is 0.300. The van der Waals surface area contributed by atoms with Crippen LogP contribution in [-0.2, 0) is 20.7 Å². The van der Waals surface area contributed by atoms with Crippen molar-refractivity contribution in [3.63, 3.8) is 0 Å². The lowest BCUT2D eigenvalue weighted by molar-refractivity contribution is -0.152. The predicted octanol–water partition coefficient (Wildman–Crippen LogP) is 4.79. The Morgan fingerprint density at radius 3 is 2.00 bits per heavy atom. The number of hydrogen-bond donors (Lipinski definition) is 1. The van der Waals surface area contributed by atoms with E-state index in [1.54, 1.807) is 12.1 Å². The van der Waals surface area contributed by atoms with Crippen molar-refractivity contribution in [1.82, 2.24) is 0 Å². The minimum absolute atomic E-state index is 0.109. The van der Waals surface area contributed by atoms with Crippen molar-refractivity contribution in [3.05, 3.63) is 44.9 Å². The first kappa shape index (κ1) is 23.9. The third-order valence-electron chi connectivity index (χ3n) is 4.02. The average Bonchev–Trinajstić information content (AvgIpc) is 2.70. The van der Waals surface area contributed by atoms with Crippen molar-refractivity contribution >= 4 is 52.4 Å². The second kappa shape index (κ2) is 10.6. The highest BCUT2D eigenvalue weighted by atomic mass is 35.5. The van der Waals surface area contributed by atoms with E-state index in [-0.39, 0.29) is 27.2 Å². The minimum Gasteiger partial charge on any atom is -0.493 e. The quantitative estimate of drug-likeness (QED) is 0.436. The first-order valence-electron chi connectivity index (χ1n) is 8.63. The van der Waals surface area contributed by atoms with Crippen molar-refractivity contribution in [2.75, 3.05) is 26.6 Å². The molecule has 2 aromatic rings. The van der Waals surface area contributed by atoms with E-state index in [0.29, 0.717) is 22.8 Å². The number of methoxy groups -OCH3 is 3. The van der Waals surface area contributed by atoms with Crippen LogP contribution < -0.4 is 19.5 Å². The standard InChI is InChI=1S/C20H20Cl3NO6/c1-10(20(26)24-15-9-13(22)12(21)8-14(15)23)30-18(25)7-11-5-16(27-2)19(29-4)17(6-11)28-3/h5-6,8-10H,7H2,1-4H3,(H,24,26)/t10-/m0/s1. The van der Waals surface area contributed by atoms with E-state index in [1.807, 2.05) is 0 Å². The van der Waals surface area contributed by atoms with Crippen LogP contribution in [0.3, 0.4) is 0 Å². The SMILES string of the molecule is COc1cc(CC(=O)O[C@@H](C)C(=O)Nc2cc(Cl)c(Cl)cc2Cl)cc(OC)c1OC. The Labute approximate surface area is 189 Å². The molecule has 0 bridgehead atoms. The Hall–Kier alpha value is -2.35. The number of benzene rings is 2. The van der Waals surface area contributed by atoms with Gasteiger partial charge in [0.05, 0.1) is 48.5 Å². The van der Waals surface area contributed by atoms with Crippen LogP contribution in [0.25, 0.3) is 0 Å². The number of amides is 1. The normalized spacial score (nSPS) is 11.4. The molecule has 1 atom stereocenters. The van der Waals surface area contributed by atoms with Gasteiger partial charge in [-0.2, -0.15) is 0 Å². The molecule has 0 spiro atoms. The van der Waals surface area contributed by atoms with Gasteiger partial charge in [-0.1, -0.05) is 34.8 Å². The molecule has 2 rings (SSSR count). The molecule has 0 saturated heterocycles. The summed E-state index contributed by atoms with van der Waals surface area (Å²) < 4.78 is 21.0. The van der Waals surface area contributed by atoms with Crippen LogP contribution in [-0.4, -0.2) is 39.3 Å². The highest BCUT2D eigenvalue weighted by Crippen LogP contribution is 2.38. The number of hydrogen-bond acceptors (Lipinski definition) is 6. The van der Waals surface area contributed by atoms with Crippen LogP contribution in [0.2, 0.25) is 15.1 Å². The smallest absolute Gasteiger partial charge is 0.311 e. The number of carbonyl (C=O) groups excluding carboxylic acids is 2. The molecule has 30 heavy (non-hydrogen) atoms. The van der Waals surface area contributed by atoms with Gasteiger partial charge in [-0.3, -0.25) is 9.59 Å². The van der Waals surface area contributed by atoms with Crippen LogP contribution in [0, 0.1) is 0 Å². The Kier molecular flexibility index (Phi) is 8.46. The summed E-state index contributed by atoms with van der Waals surface area (Å²) in [5, 5.41) is 3.23. The van der Waals surface area contributed by atoms with E-state index in [1.165, 1.54) is 40.4 Å². The number of carbonyl (C=O) groups is 2. The molecule has 0 heterocycles. The second-order valence-electron chi connectivity index (χ2n) is 6.08. The minimum atomic E-state index is -1.08. The Morgan fingerprint density at radius 1 is 0.900 bits per heavy atom. The number of anilines is 1. The fourth-order valence-corrected chi connectivity index (χ4v) is 3.14. The van der Waals surface area contributed by atoms with Gasteiger partial charge < -0.3 is 24.3 Å². The van der Waals surface area contributed by atoms with Crippen LogP contribution in [0.1, 0.15) is 12.5 Å². The van der Waals surface area contributed by atoms with Crippen LogP contribution in [0.5, 0.6) is 17.2 Å². The van der Waals surface area contributed by atoms with Crippen LogP contribution >= 0.6 is 34.8 Å². The molecule has 0 aliphatic carbocycles.